The molecule has 0 aromatic carbocycles. The van der Waals surface area contributed by atoms with Gasteiger partial charge in [0.25, 0.3) is 0 Å². The van der Waals surface area contributed by atoms with Crippen LogP contribution in [0.1, 0.15) is 18.9 Å². The van der Waals surface area contributed by atoms with E-state index in [0.717, 1.165) is 31.7 Å². The molecular weight excluding hydrogens is 350 g/mol. The number of rotatable bonds is 3. The topological polar surface area (TPSA) is 61.7 Å². The van der Waals surface area contributed by atoms with Crippen LogP contribution in [-0.2, 0) is 23.2 Å². The number of amides is 2. The van der Waals surface area contributed by atoms with Crippen LogP contribution in [0, 0.1) is 0 Å². The van der Waals surface area contributed by atoms with Crippen molar-refractivity contribution in [3.05, 3.63) is 34.8 Å². The van der Waals surface area contributed by atoms with Crippen LogP contribution in [0.5, 0.6) is 0 Å². The molecular formula is C18H23N5O2S. The number of aryl methyl sites for hydroxylation is 1. The molecule has 0 aliphatic carbocycles. The van der Waals surface area contributed by atoms with E-state index in [0.29, 0.717) is 6.54 Å². The lowest BCUT2D eigenvalue weighted by Gasteiger charge is -2.48. The minimum Gasteiger partial charge on any atom is -0.325 e. The van der Waals surface area contributed by atoms with Gasteiger partial charge in [-0.25, -0.2) is 0 Å². The average molecular weight is 373 g/mol. The summed E-state index contributed by atoms with van der Waals surface area (Å²) in [6, 6.07) is 2.14. The number of hydrogen-bond acceptors (Lipinski definition) is 5. The smallest absolute Gasteiger partial charge is 0.246 e. The van der Waals surface area contributed by atoms with Gasteiger partial charge in [0.15, 0.2) is 0 Å². The van der Waals surface area contributed by atoms with Crippen molar-refractivity contribution in [3.63, 3.8) is 0 Å². The first-order chi connectivity index (χ1) is 12.5. The third-order valence-electron chi connectivity index (χ3n) is 5.40. The Labute approximate surface area is 156 Å². The number of thiophene rings is 1. The molecule has 2 aliphatic rings. The second kappa shape index (κ2) is 6.51. The zero-order valence-electron chi connectivity index (χ0n) is 15.1. The second-order valence-corrected chi connectivity index (χ2v) is 8.05. The largest absolute Gasteiger partial charge is 0.325 e. The molecule has 8 heteroatoms. The molecule has 138 valence electrons. The number of carbonyl (C=O) groups excluding carboxylic acids is 2. The van der Waals surface area contributed by atoms with E-state index in [1.54, 1.807) is 38.9 Å². The molecule has 2 fully saturated rings. The summed E-state index contributed by atoms with van der Waals surface area (Å²) in [5.74, 6) is -0.0725. The average Bonchev–Trinajstić information content (AvgIpc) is 3.33. The van der Waals surface area contributed by atoms with Crippen LogP contribution < -0.4 is 4.90 Å². The van der Waals surface area contributed by atoms with Crippen molar-refractivity contribution in [2.24, 2.45) is 7.05 Å². The predicted molar refractivity (Wildman–Crippen MR) is 99.9 cm³/mol. The highest BCUT2D eigenvalue weighted by molar-refractivity contribution is 7.07. The van der Waals surface area contributed by atoms with Crippen molar-refractivity contribution in [2.45, 2.75) is 25.4 Å². The van der Waals surface area contributed by atoms with Gasteiger partial charge in [-0.1, -0.05) is 0 Å². The molecule has 2 aromatic rings. The molecule has 4 rings (SSSR count). The molecule has 1 spiro atoms. The van der Waals surface area contributed by atoms with Gasteiger partial charge in [-0.15, -0.1) is 0 Å². The maximum atomic E-state index is 12.7. The summed E-state index contributed by atoms with van der Waals surface area (Å²) in [6.45, 7) is 4.82. The van der Waals surface area contributed by atoms with Crippen molar-refractivity contribution in [2.75, 3.05) is 31.1 Å². The fraction of sp³-hybridized carbons (Fsp3) is 0.500. The first-order valence-electron chi connectivity index (χ1n) is 8.77. The Morgan fingerprint density at radius 3 is 2.88 bits per heavy atom. The minimum absolute atomic E-state index is 0.0263. The lowest BCUT2D eigenvalue weighted by Crippen LogP contribution is -2.66. The fourth-order valence-corrected chi connectivity index (χ4v) is 4.81. The number of anilines is 1. The summed E-state index contributed by atoms with van der Waals surface area (Å²) < 4.78 is 1.70. The molecule has 0 saturated carbocycles. The molecule has 7 nitrogen and oxygen atoms in total. The standard InChI is InChI=1S/C18H23N5O2S/c1-14(24)23-10-17(25)22(16-7-19-20(2)9-16)13-18(23)4-5-21(12-18)8-15-3-6-26-11-15/h3,6-7,9,11H,4-5,8,10,12-13H2,1-2H3/t18-/m1/s1. The molecule has 0 bridgehead atoms. The van der Waals surface area contributed by atoms with Crippen molar-refractivity contribution in [3.8, 4) is 0 Å². The van der Waals surface area contributed by atoms with E-state index in [1.165, 1.54) is 5.56 Å². The van der Waals surface area contributed by atoms with Gasteiger partial charge in [-0.05, 0) is 28.8 Å². The Bertz CT molecular complexity index is 817. The quantitative estimate of drug-likeness (QED) is 0.814. The van der Waals surface area contributed by atoms with E-state index >= 15 is 0 Å². The Morgan fingerprint density at radius 2 is 2.23 bits per heavy atom. The fourth-order valence-electron chi connectivity index (χ4n) is 4.15. The van der Waals surface area contributed by atoms with Crippen LogP contribution in [0.3, 0.4) is 0 Å². The van der Waals surface area contributed by atoms with Crippen LogP contribution in [0.25, 0.3) is 0 Å². The second-order valence-electron chi connectivity index (χ2n) is 7.27. The van der Waals surface area contributed by atoms with E-state index in [2.05, 4.69) is 26.8 Å². The van der Waals surface area contributed by atoms with Crippen LogP contribution in [0.2, 0.25) is 0 Å². The molecule has 2 saturated heterocycles. The minimum atomic E-state index is -0.328. The number of nitrogens with zero attached hydrogens (tertiary/aromatic N) is 5. The van der Waals surface area contributed by atoms with Crippen LogP contribution in [0.4, 0.5) is 5.69 Å². The summed E-state index contributed by atoms with van der Waals surface area (Å²) in [4.78, 5) is 30.9. The van der Waals surface area contributed by atoms with Gasteiger partial charge < -0.3 is 9.80 Å². The van der Waals surface area contributed by atoms with E-state index in [-0.39, 0.29) is 23.9 Å². The first kappa shape index (κ1) is 17.2. The lowest BCUT2D eigenvalue weighted by molar-refractivity contribution is -0.142. The maximum Gasteiger partial charge on any atom is 0.246 e. The number of carbonyl (C=O) groups is 2. The van der Waals surface area contributed by atoms with Crippen LogP contribution >= 0.6 is 11.3 Å². The summed E-state index contributed by atoms with van der Waals surface area (Å²) >= 11 is 1.70. The maximum absolute atomic E-state index is 12.7. The predicted octanol–water partition coefficient (Wildman–Crippen LogP) is 1.32. The van der Waals surface area contributed by atoms with Gasteiger partial charge in [-0.3, -0.25) is 19.2 Å². The van der Waals surface area contributed by atoms with Gasteiger partial charge in [0.05, 0.1) is 24.0 Å². The highest BCUT2D eigenvalue weighted by atomic mass is 32.1. The van der Waals surface area contributed by atoms with E-state index in [1.807, 2.05) is 13.2 Å². The van der Waals surface area contributed by atoms with Crippen molar-refractivity contribution in [1.29, 1.82) is 0 Å². The molecule has 1 atom stereocenters. The van der Waals surface area contributed by atoms with Gasteiger partial charge in [0, 0.05) is 39.8 Å². The summed E-state index contributed by atoms with van der Waals surface area (Å²) in [5, 5.41) is 8.45. The monoisotopic (exact) mass is 373 g/mol. The molecule has 2 aliphatic heterocycles. The molecule has 4 heterocycles. The third kappa shape index (κ3) is 3.03. The van der Waals surface area contributed by atoms with Crippen molar-refractivity contribution >= 4 is 28.8 Å². The van der Waals surface area contributed by atoms with E-state index in [9.17, 15) is 9.59 Å². The number of piperazine rings is 1. The molecule has 2 aromatic heterocycles. The normalized spacial score (nSPS) is 24.0. The molecule has 0 radical (unpaired) electrons. The first-order valence-corrected chi connectivity index (χ1v) is 9.72. The van der Waals surface area contributed by atoms with Crippen molar-refractivity contribution in [1.82, 2.24) is 19.6 Å². The van der Waals surface area contributed by atoms with E-state index in [4.69, 9.17) is 0 Å². The van der Waals surface area contributed by atoms with Gasteiger partial charge >= 0.3 is 0 Å². The van der Waals surface area contributed by atoms with Gasteiger partial charge in [0.1, 0.15) is 6.54 Å². The zero-order valence-corrected chi connectivity index (χ0v) is 15.9. The highest BCUT2D eigenvalue weighted by Crippen LogP contribution is 2.35. The molecule has 0 unspecified atom stereocenters. The summed E-state index contributed by atoms with van der Waals surface area (Å²) in [7, 11) is 1.84. The Hall–Kier alpha value is -2.19. The van der Waals surface area contributed by atoms with E-state index < -0.39 is 0 Å². The van der Waals surface area contributed by atoms with Crippen LogP contribution in [0.15, 0.2) is 29.2 Å². The highest BCUT2D eigenvalue weighted by Gasteiger charge is 2.50. The molecule has 0 N–H and O–H groups in total. The van der Waals surface area contributed by atoms with Gasteiger partial charge in [-0.2, -0.15) is 16.4 Å². The third-order valence-corrected chi connectivity index (χ3v) is 6.13. The van der Waals surface area contributed by atoms with Crippen LogP contribution in [-0.4, -0.2) is 63.1 Å². The number of aromatic nitrogens is 2. The molecule has 26 heavy (non-hydrogen) atoms. The SMILES string of the molecule is CC(=O)N1CC(=O)N(c2cnn(C)c2)C[C@]12CCN(Cc1ccsc1)C2. The Balaban J connectivity index is 1.58. The van der Waals surface area contributed by atoms with Gasteiger partial charge in [0.2, 0.25) is 11.8 Å². The zero-order chi connectivity index (χ0) is 18.3. The Morgan fingerprint density at radius 1 is 1.38 bits per heavy atom. The number of hydrogen-bond donors (Lipinski definition) is 0. The Kier molecular flexibility index (Phi) is 4.32. The lowest BCUT2D eigenvalue weighted by atomic mass is 9.92. The summed E-state index contributed by atoms with van der Waals surface area (Å²) in [6.07, 6.45) is 4.45. The summed E-state index contributed by atoms with van der Waals surface area (Å²) in [5.41, 5.74) is 1.78. The number of likely N-dealkylation sites (tertiary alicyclic amines) is 1. The van der Waals surface area contributed by atoms with Crippen molar-refractivity contribution < 1.29 is 9.59 Å². The molecule has 2 amide bonds.